The second-order valence-electron chi connectivity index (χ2n) is 4.59. The van der Waals surface area contributed by atoms with E-state index in [0.29, 0.717) is 17.4 Å². The van der Waals surface area contributed by atoms with Crippen molar-refractivity contribution >= 4 is 28.3 Å². The first-order chi connectivity index (χ1) is 9.61. The zero-order valence-corrected chi connectivity index (χ0v) is 12.6. The summed E-state index contributed by atoms with van der Waals surface area (Å²) in [6.45, 7) is 5.79. The fourth-order valence-electron chi connectivity index (χ4n) is 2.09. The monoisotopic (exact) mass is 297 g/mol. The highest BCUT2D eigenvalue weighted by molar-refractivity contribution is 7.15. The van der Waals surface area contributed by atoms with Gasteiger partial charge in [0, 0.05) is 18.0 Å². The Hall–Kier alpha value is -1.63. The van der Waals surface area contributed by atoms with E-state index in [9.17, 15) is 9.59 Å². The number of nitrogens with zero attached hydrogens (tertiary/aromatic N) is 2. The van der Waals surface area contributed by atoms with Crippen LogP contribution < -0.4 is 5.32 Å². The molecule has 1 aliphatic rings. The van der Waals surface area contributed by atoms with Gasteiger partial charge < -0.3 is 15.0 Å². The van der Waals surface area contributed by atoms with Crippen LogP contribution in [0.5, 0.6) is 0 Å². The van der Waals surface area contributed by atoms with Crippen molar-refractivity contribution in [2.24, 2.45) is 0 Å². The lowest BCUT2D eigenvalue weighted by molar-refractivity contribution is -0.128. The molecule has 0 unspecified atom stereocenters. The highest BCUT2D eigenvalue weighted by atomic mass is 32.1. The molecule has 0 aliphatic carbocycles. The van der Waals surface area contributed by atoms with Crippen LogP contribution in [0, 0.1) is 6.92 Å². The molecular weight excluding hydrogens is 278 g/mol. The van der Waals surface area contributed by atoms with Crippen molar-refractivity contribution in [1.82, 2.24) is 9.88 Å². The quantitative estimate of drug-likeness (QED) is 0.837. The fourth-order valence-corrected chi connectivity index (χ4v) is 2.89. The molecule has 6 nitrogen and oxygen atoms in total. The summed E-state index contributed by atoms with van der Waals surface area (Å²) < 4.78 is 4.93. The predicted molar refractivity (Wildman–Crippen MR) is 77.1 cm³/mol. The Morgan fingerprint density at radius 3 is 2.75 bits per heavy atom. The van der Waals surface area contributed by atoms with Crippen LogP contribution in [0.25, 0.3) is 0 Å². The van der Waals surface area contributed by atoms with Gasteiger partial charge in [-0.25, -0.2) is 9.78 Å². The number of likely N-dealkylation sites (tertiary alicyclic amines) is 1. The van der Waals surface area contributed by atoms with E-state index in [2.05, 4.69) is 10.3 Å². The molecular formula is C13H19N3O3S. The number of carbonyl (C=O) groups is 2. The zero-order chi connectivity index (χ0) is 14.5. The van der Waals surface area contributed by atoms with E-state index in [0.717, 1.165) is 30.8 Å². The SMILES string of the molecule is CCOC(=O)c1nc(NCC(=O)N2CCCC2)sc1C. The Bertz CT molecular complexity index is 495. The Labute approximate surface area is 122 Å². The molecule has 0 spiro atoms. The van der Waals surface area contributed by atoms with E-state index in [-0.39, 0.29) is 12.5 Å². The number of rotatable bonds is 5. The third-order valence-electron chi connectivity index (χ3n) is 3.11. The van der Waals surface area contributed by atoms with Crippen molar-refractivity contribution < 1.29 is 14.3 Å². The number of nitrogens with one attached hydrogen (secondary N) is 1. The molecule has 0 radical (unpaired) electrons. The third kappa shape index (κ3) is 3.47. The van der Waals surface area contributed by atoms with Crippen LogP contribution in [0.3, 0.4) is 0 Å². The number of aryl methyl sites for hydroxylation is 1. The number of hydrogen-bond donors (Lipinski definition) is 1. The first kappa shape index (κ1) is 14.8. The molecule has 110 valence electrons. The molecule has 0 saturated carbocycles. The number of thiazole rings is 1. The molecule has 2 heterocycles. The van der Waals surface area contributed by atoms with Gasteiger partial charge in [-0.1, -0.05) is 0 Å². The van der Waals surface area contributed by atoms with Gasteiger partial charge in [-0.05, 0) is 26.7 Å². The van der Waals surface area contributed by atoms with Gasteiger partial charge in [0.2, 0.25) is 5.91 Å². The Kier molecular flexibility index (Phi) is 4.94. The van der Waals surface area contributed by atoms with Crippen molar-refractivity contribution in [3.05, 3.63) is 10.6 Å². The summed E-state index contributed by atoms with van der Waals surface area (Å²) in [5.41, 5.74) is 0.327. The number of carbonyl (C=O) groups excluding carboxylic acids is 2. The normalized spacial score (nSPS) is 14.4. The predicted octanol–water partition coefficient (Wildman–Crippen LogP) is 1.66. The molecule has 1 amide bonds. The van der Waals surface area contributed by atoms with Crippen molar-refractivity contribution in [1.29, 1.82) is 0 Å². The molecule has 0 bridgehead atoms. The molecule has 2 rings (SSSR count). The van der Waals surface area contributed by atoms with Gasteiger partial charge in [0.05, 0.1) is 13.2 Å². The third-order valence-corrected chi connectivity index (χ3v) is 4.04. The summed E-state index contributed by atoms with van der Waals surface area (Å²) in [6.07, 6.45) is 2.16. The van der Waals surface area contributed by atoms with Crippen LogP contribution in [-0.4, -0.2) is 48.0 Å². The Morgan fingerprint density at radius 1 is 1.40 bits per heavy atom. The summed E-state index contributed by atoms with van der Waals surface area (Å²) in [4.78, 5) is 30.4. The molecule has 1 N–H and O–H groups in total. The highest BCUT2D eigenvalue weighted by Crippen LogP contribution is 2.22. The average Bonchev–Trinajstić information content (AvgIpc) is 3.05. The van der Waals surface area contributed by atoms with E-state index < -0.39 is 5.97 Å². The summed E-state index contributed by atoms with van der Waals surface area (Å²) in [5.74, 6) is -0.340. The molecule has 1 aliphatic heterocycles. The standard InChI is InChI=1S/C13H19N3O3S/c1-3-19-12(18)11-9(2)20-13(15-11)14-8-10(17)16-6-4-5-7-16/h3-8H2,1-2H3,(H,14,15). The summed E-state index contributed by atoms with van der Waals surface area (Å²) >= 11 is 1.36. The molecule has 1 saturated heterocycles. The lowest BCUT2D eigenvalue weighted by Crippen LogP contribution is -2.32. The largest absolute Gasteiger partial charge is 0.461 e. The van der Waals surface area contributed by atoms with Gasteiger partial charge in [0.25, 0.3) is 0 Å². The Morgan fingerprint density at radius 2 is 2.10 bits per heavy atom. The number of esters is 1. The molecule has 0 aromatic carbocycles. The van der Waals surface area contributed by atoms with Gasteiger partial charge >= 0.3 is 5.97 Å². The maximum Gasteiger partial charge on any atom is 0.358 e. The van der Waals surface area contributed by atoms with Crippen LogP contribution >= 0.6 is 11.3 Å². The van der Waals surface area contributed by atoms with Gasteiger partial charge in [-0.15, -0.1) is 11.3 Å². The van der Waals surface area contributed by atoms with Crippen molar-refractivity contribution in [2.75, 3.05) is 31.6 Å². The fraction of sp³-hybridized carbons (Fsp3) is 0.615. The number of amides is 1. The summed E-state index contributed by atoms with van der Waals surface area (Å²) in [6, 6.07) is 0. The molecule has 7 heteroatoms. The van der Waals surface area contributed by atoms with E-state index in [1.165, 1.54) is 11.3 Å². The summed E-state index contributed by atoms with van der Waals surface area (Å²) in [5, 5.41) is 3.57. The van der Waals surface area contributed by atoms with Crippen LogP contribution in [0.2, 0.25) is 0 Å². The van der Waals surface area contributed by atoms with Crippen LogP contribution in [0.4, 0.5) is 5.13 Å². The first-order valence-electron chi connectivity index (χ1n) is 6.78. The highest BCUT2D eigenvalue weighted by Gasteiger charge is 2.19. The second kappa shape index (κ2) is 6.69. The molecule has 1 fully saturated rings. The van der Waals surface area contributed by atoms with E-state index in [1.807, 2.05) is 11.8 Å². The maximum absolute atomic E-state index is 11.9. The lowest BCUT2D eigenvalue weighted by Gasteiger charge is -2.14. The number of ether oxygens (including phenoxy) is 1. The van der Waals surface area contributed by atoms with E-state index in [4.69, 9.17) is 4.74 Å². The molecule has 1 aromatic rings. The van der Waals surface area contributed by atoms with Crippen molar-refractivity contribution in [2.45, 2.75) is 26.7 Å². The van der Waals surface area contributed by atoms with E-state index in [1.54, 1.807) is 6.92 Å². The minimum absolute atomic E-state index is 0.0769. The number of anilines is 1. The van der Waals surface area contributed by atoms with Crippen molar-refractivity contribution in [3.8, 4) is 0 Å². The molecule has 0 atom stereocenters. The van der Waals surface area contributed by atoms with Crippen molar-refractivity contribution in [3.63, 3.8) is 0 Å². The topological polar surface area (TPSA) is 71.5 Å². The van der Waals surface area contributed by atoms with Crippen LogP contribution in [-0.2, 0) is 9.53 Å². The van der Waals surface area contributed by atoms with Crippen LogP contribution in [0.1, 0.15) is 35.1 Å². The smallest absolute Gasteiger partial charge is 0.358 e. The summed E-state index contributed by atoms with van der Waals surface area (Å²) in [7, 11) is 0. The van der Waals surface area contributed by atoms with Gasteiger partial charge in [0.15, 0.2) is 10.8 Å². The number of aromatic nitrogens is 1. The van der Waals surface area contributed by atoms with Gasteiger partial charge in [-0.2, -0.15) is 0 Å². The maximum atomic E-state index is 11.9. The molecule has 1 aromatic heterocycles. The second-order valence-corrected chi connectivity index (χ2v) is 5.79. The van der Waals surface area contributed by atoms with E-state index >= 15 is 0 Å². The van der Waals surface area contributed by atoms with Gasteiger partial charge in [-0.3, -0.25) is 4.79 Å². The minimum Gasteiger partial charge on any atom is -0.461 e. The Balaban J connectivity index is 1.91. The lowest BCUT2D eigenvalue weighted by atomic mass is 10.4. The minimum atomic E-state index is -0.417. The first-order valence-corrected chi connectivity index (χ1v) is 7.59. The van der Waals surface area contributed by atoms with Crippen LogP contribution in [0.15, 0.2) is 0 Å². The number of hydrogen-bond acceptors (Lipinski definition) is 6. The zero-order valence-electron chi connectivity index (χ0n) is 11.8. The average molecular weight is 297 g/mol. The van der Waals surface area contributed by atoms with Gasteiger partial charge in [0.1, 0.15) is 0 Å². The molecule has 20 heavy (non-hydrogen) atoms.